The molecule has 3 rings (SSSR count). The summed E-state index contributed by atoms with van der Waals surface area (Å²) >= 11 is 0. The lowest BCUT2D eigenvalue weighted by Crippen LogP contribution is -2.09. The van der Waals surface area contributed by atoms with Gasteiger partial charge in [0, 0.05) is 6.07 Å². The topological polar surface area (TPSA) is 55.0 Å². The Morgan fingerprint density at radius 1 is 1.15 bits per heavy atom. The van der Waals surface area contributed by atoms with Gasteiger partial charge >= 0.3 is 0 Å². The van der Waals surface area contributed by atoms with Gasteiger partial charge in [0.15, 0.2) is 0 Å². The molecule has 1 aromatic heterocycles. The molecule has 0 saturated carbocycles. The van der Waals surface area contributed by atoms with E-state index in [1.54, 1.807) is 19.1 Å². The van der Waals surface area contributed by atoms with Crippen LogP contribution in [-0.4, -0.2) is 9.97 Å². The molecule has 0 radical (unpaired) electrons. The lowest BCUT2D eigenvalue weighted by molar-refractivity contribution is 0.306. The Morgan fingerprint density at radius 3 is 2.75 bits per heavy atom. The van der Waals surface area contributed by atoms with Crippen molar-refractivity contribution in [2.24, 2.45) is 0 Å². The number of benzene rings is 2. The Balaban J connectivity index is 1.88. The van der Waals surface area contributed by atoms with Gasteiger partial charge in [-0.05, 0) is 24.6 Å². The lowest BCUT2D eigenvalue weighted by Gasteiger charge is -2.07. The minimum absolute atomic E-state index is 0.217. The molecule has 2 aromatic carbocycles. The molecule has 3 aromatic rings. The summed E-state index contributed by atoms with van der Waals surface area (Å²) in [6, 6.07) is 15.3. The van der Waals surface area contributed by atoms with E-state index in [1.807, 2.05) is 36.4 Å². The van der Waals surface area contributed by atoms with Crippen LogP contribution >= 0.6 is 0 Å². The van der Waals surface area contributed by atoms with E-state index < -0.39 is 0 Å². The number of aromatic nitrogens is 2. The molecule has 0 amide bonds. The summed E-state index contributed by atoms with van der Waals surface area (Å²) in [6.45, 7) is 2.26. The first-order valence-corrected chi connectivity index (χ1v) is 6.40. The summed E-state index contributed by atoms with van der Waals surface area (Å²) in [5.41, 5.74) is 1.63. The molecule has 1 N–H and O–H groups in total. The van der Waals surface area contributed by atoms with Gasteiger partial charge in [0.1, 0.15) is 18.2 Å². The van der Waals surface area contributed by atoms with Gasteiger partial charge in [-0.25, -0.2) is 0 Å². The number of fused-ring (bicyclic) bond motifs is 1. The van der Waals surface area contributed by atoms with Gasteiger partial charge in [0.05, 0.1) is 10.9 Å². The molecule has 0 aliphatic carbocycles. The van der Waals surface area contributed by atoms with Crippen LogP contribution in [0, 0.1) is 6.92 Å². The summed E-state index contributed by atoms with van der Waals surface area (Å²) in [6.07, 6.45) is 0. The zero-order valence-electron chi connectivity index (χ0n) is 11.1. The highest BCUT2D eigenvalue weighted by Crippen LogP contribution is 2.18. The molecule has 0 atom stereocenters. The maximum absolute atomic E-state index is 11.7. The number of rotatable bonds is 3. The van der Waals surface area contributed by atoms with Crippen molar-refractivity contribution in [2.75, 3.05) is 0 Å². The number of nitrogens with zero attached hydrogens (tertiary/aromatic N) is 1. The SMILES string of the molecule is Cc1nc(=O)c2ccc(OCc3ccccc3)cc2[nH]1. The molecule has 4 heteroatoms. The van der Waals surface area contributed by atoms with Crippen molar-refractivity contribution in [3.63, 3.8) is 0 Å². The van der Waals surface area contributed by atoms with E-state index in [0.29, 0.717) is 17.8 Å². The zero-order chi connectivity index (χ0) is 13.9. The first-order valence-electron chi connectivity index (χ1n) is 6.40. The summed E-state index contributed by atoms with van der Waals surface area (Å²) in [7, 11) is 0. The summed E-state index contributed by atoms with van der Waals surface area (Å²) in [5.74, 6) is 1.32. The first kappa shape index (κ1) is 12.4. The van der Waals surface area contributed by atoms with Gasteiger partial charge in [0.2, 0.25) is 0 Å². The Bertz CT molecular complexity index is 794. The maximum atomic E-state index is 11.7. The molecule has 0 saturated heterocycles. The third-order valence-corrected chi connectivity index (χ3v) is 3.05. The van der Waals surface area contributed by atoms with Crippen LogP contribution in [0.2, 0.25) is 0 Å². The third kappa shape index (κ3) is 2.54. The zero-order valence-corrected chi connectivity index (χ0v) is 11.1. The Morgan fingerprint density at radius 2 is 1.95 bits per heavy atom. The van der Waals surface area contributed by atoms with E-state index in [0.717, 1.165) is 16.8 Å². The molecular formula is C16H14N2O2. The number of H-pyrrole nitrogens is 1. The van der Waals surface area contributed by atoms with Crippen molar-refractivity contribution in [2.45, 2.75) is 13.5 Å². The number of ether oxygens (including phenoxy) is 1. The van der Waals surface area contributed by atoms with Crippen LogP contribution in [0.1, 0.15) is 11.4 Å². The van der Waals surface area contributed by atoms with Crippen molar-refractivity contribution in [1.29, 1.82) is 0 Å². The second kappa shape index (κ2) is 5.17. The summed E-state index contributed by atoms with van der Waals surface area (Å²) < 4.78 is 5.74. The van der Waals surface area contributed by atoms with Gasteiger partial charge < -0.3 is 9.72 Å². The largest absolute Gasteiger partial charge is 0.489 e. The van der Waals surface area contributed by atoms with Gasteiger partial charge in [-0.3, -0.25) is 4.79 Å². The van der Waals surface area contributed by atoms with E-state index in [9.17, 15) is 4.79 Å². The van der Waals surface area contributed by atoms with Gasteiger partial charge in [-0.1, -0.05) is 30.3 Å². The van der Waals surface area contributed by atoms with E-state index in [4.69, 9.17) is 4.74 Å². The van der Waals surface area contributed by atoms with Gasteiger partial charge in [-0.15, -0.1) is 0 Å². The molecule has 0 spiro atoms. The molecule has 1 heterocycles. The third-order valence-electron chi connectivity index (χ3n) is 3.05. The Kier molecular flexibility index (Phi) is 3.21. The average Bonchev–Trinajstić information content (AvgIpc) is 2.45. The van der Waals surface area contributed by atoms with Crippen molar-refractivity contribution in [3.05, 3.63) is 70.3 Å². The fraction of sp³-hybridized carbons (Fsp3) is 0.125. The van der Waals surface area contributed by atoms with Crippen LogP contribution in [-0.2, 0) is 6.61 Å². The highest BCUT2D eigenvalue weighted by molar-refractivity contribution is 5.78. The van der Waals surface area contributed by atoms with Crippen molar-refractivity contribution >= 4 is 10.9 Å². The molecule has 0 bridgehead atoms. The van der Waals surface area contributed by atoms with Crippen molar-refractivity contribution in [1.82, 2.24) is 9.97 Å². The lowest BCUT2D eigenvalue weighted by atomic mass is 10.2. The minimum Gasteiger partial charge on any atom is -0.489 e. The van der Waals surface area contributed by atoms with Crippen molar-refractivity contribution < 1.29 is 4.74 Å². The predicted molar refractivity (Wildman–Crippen MR) is 77.9 cm³/mol. The molecule has 4 nitrogen and oxygen atoms in total. The van der Waals surface area contributed by atoms with Crippen LogP contribution in [0.15, 0.2) is 53.3 Å². The fourth-order valence-corrected chi connectivity index (χ4v) is 2.08. The van der Waals surface area contributed by atoms with E-state index >= 15 is 0 Å². The van der Waals surface area contributed by atoms with E-state index in [-0.39, 0.29) is 5.56 Å². The quantitative estimate of drug-likeness (QED) is 0.793. The molecule has 100 valence electrons. The smallest absolute Gasteiger partial charge is 0.280 e. The molecule has 0 unspecified atom stereocenters. The average molecular weight is 266 g/mol. The highest BCUT2D eigenvalue weighted by atomic mass is 16.5. The molecule has 0 aliphatic rings. The summed E-state index contributed by atoms with van der Waals surface area (Å²) in [5, 5.41) is 0.572. The van der Waals surface area contributed by atoms with Crippen LogP contribution in [0.25, 0.3) is 10.9 Å². The number of hydrogen-bond acceptors (Lipinski definition) is 3. The fourth-order valence-electron chi connectivity index (χ4n) is 2.08. The van der Waals surface area contributed by atoms with E-state index in [1.165, 1.54) is 0 Å². The van der Waals surface area contributed by atoms with Crippen LogP contribution < -0.4 is 10.3 Å². The second-order valence-corrected chi connectivity index (χ2v) is 4.61. The first-order chi connectivity index (χ1) is 9.72. The predicted octanol–water partition coefficient (Wildman–Crippen LogP) is 2.81. The number of nitrogens with one attached hydrogen (secondary N) is 1. The maximum Gasteiger partial charge on any atom is 0.280 e. The van der Waals surface area contributed by atoms with Crippen LogP contribution in [0.4, 0.5) is 0 Å². The van der Waals surface area contributed by atoms with Crippen LogP contribution in [0.3, 0.4) is 0 Å². The summed E-state index contributed by atoms with van der Waals surface area (Å²) in [4.78, 5) is 18.7. The Labute approximate surface area is 116 Å². The van der Waals surface area contributed by atoms with Gasteiger partial charge in [0.25, 0.3) is 5.56 Å². The Hall–Kier alpha value is -2.62. The molecule has 20 heavy (non-hydrogen) atoms. The monoisotopic (exact) mass is 266 g/mol. The molecule has 0 fully saturated rings. The van der Waals surface area contributed by atoms with E-state index in [2.05, 4.69) is 9.97 Å². The second-order valence-electron chi connectivity index (χ2n) is 4.61. The number of aryl methyl sites for hydroxylation is 1. The molecule has 0 aliphatic heterocycles. The standard InChI is InChI=1S/C16H14N2O2/c1-11-17-15-9-13(7-8-14(15)16(19)18-11)20-10-12-5-3-2-4-6-12/h2-9H,10H2,1H3,(H,17,18,19). The number of hydrogen-bond donors (Lipinski definition) is 1. The van der Waals surface area contributed by atoms with Crippen molar-refractivity contribution in [3.8, 4) is 5.75 Å². The highest BCUT2D eigenvalue weighted by Gasteiger charge is 2.03. The van der Waals surface area contributed by atoms with Gasteiger partial charge in [-0.2, -0.15) is 4.98 Å². The number of aromatic amines is 1. The normalized spacial score (nSPS) is 10.7. The molecular weight excluding hydrogens is 252 g/mol. The minimum atomic E-state index is -0.217. The van der Waals surface area contributed by atoms with Crippen LogP contribution in [0.5, 0.6) is 5.75 Å².